The molecule has 0 bridgehead atoms. The number of esters is 1. The second kappa shape index (κ2) is 10.5. The van der Waals surface area contributed by atoms with Gasteiger partial charge in [0.05, 0.1) is 25.2 Å². The van der Waals surface area contributed by atoms with E-state index in [0.29, 0.717) is 24.5 Å². The van der Waals surface area contributed by atoms with Gasteiger partial charge in [0.1, 0.15) is 23.9 Å². The molecule has 6 rings (SSSR count). The predicted molar refractivity (Wildman–Crippen MR) is 151 cm³/mol. The Morgan fingerprint density at radius 3 is 2.48 bits per heavy atom. The van der Waals surface area contributed by atoms with Gasteiger partial charge in [-0.3, -0.25) is 4.79 Å². The highest BCUT2D eigenvalue weighted by atomic mass is 19.1. The monoisotopic (exact) mass is 544 g/mol. The van der Waals surface area contributed by atoms with Crippen molar-refractivity contribution in [1.29, 1.82) is 0 Å². The first-order valence-electron chi connectivity index (χ1n) is 14.4. The van der Waals surface area contributed by atoms with Crippen molar-refractivity contribution in [3.05, 3.63) is 82.7 Å². The first-order chi connectivity index (χ1) is 19.4. The van der Waals surface area contributed by atoms with Gasteiger partial charge >= 0.3 is 5.97 Å². The number of aryl methyl sites for hydroxylation is 1. The topological polar surface area (TPSA) is 54.0 Å². The Morgan fingerprint density at radius 1 is 0.925 bits per heavy atom. The van der Waals surface area contributed by atoms with Crippen LogP contribution in [0.15, 0.2) is 54.6 Å². The van der Waals surface area contributed by atoms with Crippen molar-refractivity contribution in [2.24, 2.45) is 5.92 Å². The standard InChI is InChI=1S/C34H37FO5/c1-4-39-32(36)30-20-33(30)16-13-23-8-9-25(19-28(23)33)40-21-22-7-11-26(27-18-24(37-2)10-12-31(27)35)29(17-22)34(38-3)14-5-6-15-34/h7-12,17-19,30H,4-6,13-16,20-21H2,1-3H3. The Bertz CT molecular complexity index is 1430. The lowest BCUT2D eigenvalue weighted by atomic mass is 9.84. The van der Waals surface area contributed by atoms with Gasteiger partial charge in [-0.1, -0.05) is 31.0 Å². The number of fused-ring (bicyclic) bond motifs is 2. The van der Waals surface area contributed by atoms with Gasteiger partial charge in [-0.15, -0.1) is 0 Å². The van der Waals surface area contributed by atoms with Crippen molar-refractivity contribution < 1.29 is 28.1 Å². The molecule has 3 aromatic rings. The van der Waals surface area contributed by atoms with E-state index in [1.807, 2.05) is 25.1 Å². The maximum absolute atomic E-state index is 15.1. The zero-order valence-corrected chi connectivity index (χ0v) is 23.6. The maximum atomic E-state index is 15.1. The van der Waals surface area contributed by atoms with Crippen LogP contribution in [0.3, 0.4) is 0 Å². The molecule has 2 unspecified atom stereocenters. The molecule has 3 aromatic carbocycles. The van der Waals surface area contributed by atoms with Crippen molar-refractivity contribution in [2.75, 3.05) is 20.8 Å². The summed E-state index contributed by atoms with van der Waals surface area (Å²) in [5, 5.41) is 0. The third-order valence-electron chi connectivity index (χ3n) is 9.35. The summed E-state index contributed by atoms with van der Waals surface area (Å²) >= 11 is 0. The number of methoxy groups -OCH3 is 2. The summed E-state index contributed by atoms with van der Waals surface area (Å²) in [5.41, 5.74) is 5.29. The Labute approximate surface area is 235 Å². The molecule has 0 radical (unpaired) electrons. The number of carbonyl (C=O) groups is 1. The third-order valence-corrected chi connectivity index (χ3v) is 9.35. The molecule has 0 aromatic heterocycles. The first-order valence-corrected chi connectivity index (χ1v) is 14.4. The molecule has 6 heteroatoms. The van der Waals surface area contributed by atoms with E-state index >= 15 is 4.39 Å². The van der Waals surface area contributed by atoms with Gasteiger partial charge in [-0.25, -0.2) is 4.39 Å². The molecular weight excluding hydrogens is 507 g/mol. The zero-order chi connectivity index (χ0) is 27.9. The van der Waals surface area contributed by atoms with Crippen molar-refractivity contribution in [2.45, 2.75) is 69.5 Å². The molecule has 210 valence electrons. The minimum Gasteiger partial charge on any atom is -0.497 e. The van der Waals surface area contributed by atoms with E-state index in [1.54, 1.807) is 26.4 Å². The molecular formula is C34H37FO5. The van der Waals surface area contributed by atoms with Crippen LogP contribution in [0.5, 0.6) is 11.5 Å². The minimum atomic E-state index is -0.463. The second-order valence-corrected chi connectivity index (χ2v) is 11.4. The van der Waals surface area contributed by atoms with Gasteiger partial charge < -0.3 is 18.9 Å². The van der Waals surface area contributed by atoms with E-state index in [1.165, 1.54) is 17.2 Å². The van der Waals surface area contributed by atoms with Crippen LogP contribution in [0.2, 0.25) is 0 Å². The van der Waals surface area contributed by atoms with Gasteiger partial charge in [-0.05, 0) is 103 Å². The molecule has 0 N–H and O–H groups in total. The smallest absolute Gasteiger partial charge is 0.309 e. The highest BCUT2D eigenvalue weighted by Gasteiger charge is 2.62. The molecule has 3 aliphatic carbocycles. The van der Waals surface area contributed by atoms with Gasteiger partial charge in [0.15, 0.2) is 0 Å². The Hall–Kier alpha value is -3.38. The summed E-state index contributed by atoms with van der Waals surface area (Å²) in [6.45, 7) is 2.64. The lowest BCUT2D eigenvalue weighted by molar-refractivity contribution is -0.145. The number of rotatable bonds is 9. The second-order valence-electron chi connectivity index (χ2n) is 11.4. The van der Waals surface area contributed by atoms with Crippen LogP contribution < -0.4 is 9.47 Å². The molecule has 0 heterocycles. The quantitative estimate of drug-likeness (QED) is 0.265. The molecule has 0 amide bonds. The summed E-state index contributed by atoms with van der Waals surface area (Å²) in [6.07, 6.45) is 6.74. The van der Waals surface area contributed by atoms with Crippen LogP contribution in [0.1, 0.15) is 67.7 Å². The van der Waals surface area contributed by atoms with E-state index < -0.39 is 5.60 Å². The fraction of sp³-hybridized carbons (Fsp3) is 0.441. The Morgan fingerprint density at radius 2 is 1.73 bits per heavy atom. The van der Waals surface area contributed by atoms with Crippen LogP contribution in [-0.2, 0) is 38.3 Å². The molecule has 1 spiro atoms. The molecule has 2 fully saturated rings. The molecule has 5 nitrogen and oxygen atoms in total. The van der Waals surface area contributed by atoms with E-state index in [0.717, 1.165) is 67.4 Å². The SMILES string of the molecule is CCOC(=O)C1CC12CCc1ccc(OCc3ccc(-c4cc(OC)ccc4F)c(C4(OC)CCCC4)c3)cc12. The van der Waals surface area contributed by atoms with Crippen LogP contribution >= 0.6 is 0 Å². The van der Waals surface area contributed by atoms with Gasteiger partial charge in [0, 0.05) is 18.1 Å². The van der Waals surface area contributed by atoms with Crippen molar-refractivity contribution >= 4 is 5.97 Å². The lowest BCUT2D eigenvalue weighted by Crippen LogP contribution is -2.25. The zero-order valence-electron chi connectivity index (χ0n) is 23.6. The van der Waals surface area contributed by atoms with Gasteiger partial charge in [-0.2, -0.15) is 0 Å². The Balaban J connectivity index is 1.28. The van der Waals surface area contributed by atoms with Crippen molar-refractivity contribution in [3.8, 4) is 22.6 Å². The summed E-state index contributed by atoms with van der Waals surface area (Å²) < 4.78 is 38.3. The fourth-order valence-corrected chi connectivity index (χ4v) is 7.08. The third kappa shape index (κ3) is 4.56. The largest absolute Gasteiger partial charge is 0.497 e. The number of hydrogen-bond acceptors (Lipinski definition) is 5. The van der Waals surface area contributed by atoms with Crippen LogP contribution in [0.4, 0.5) is 4.39 Å². The van der Waals surface area contributed by atoms with Crippen LogP contribution in [0, 0.1) is 11.7 Å². The van der Waals surface area contributed by atoms with Crippen LogP contribution in [0.25, 0.3) is 11.1 Å². The maximum Gasteiger partial charge on any atom is 0.309 e. The summed E-state index contributed by atoms with van der Waals surface area (Å²) in [6, 6.07) is 17.2. The summed E-state index contributed by atoms with van der Waals surface area (Å²) in [4.78, 5) is 12.5. The number of hydrogen-bond donors (Lipinski definition) is 0. The lowest BCUT2D eigenvalue weighted by Gasteiger charge is -2.31. The number of ether oxygens (including phenoxy) is 4. The van der Waals surface area contributed by atoms with Crippen LogP contribution in [-0.4, -0.2) is 26.8 Å². The van der Waals surface area contributed by atoms with Gasteiger partial charge in [0.2, 0.25) is 0 Å². The molecule has 0 saturated heterocycles. The highest BCUT2D eigenvalue weighted by molar-refractivity contribution is 5.80. The number of benzene rings is 3. The van der Waals surface area contributed by atoms with Crippen molar-refractivity contribution in [3.63, 3.8) is 0 Å². The molecule has 2 saturated carbocycles. The minimum absolute atomic E-state index is 0.0484. The predicted octanol–water partition coefficient (Wildman–Crippen LogP) is 7.26. The Kier molecular flexibility index (Phi) is 7.07. The first kappa shape index (κ1) is 26.8. The average molecular weight is 545 g/mol. The molecule has 2 atom stereocenters. The molecule has 3 aliphatic rings. The fourth-order valence-electron chi connectivity index (χ4n) is 7.08. The van der Waals surface area contributed by atoms with E-state index in [2.05, 4.69) is 18.2 Å². The highest BCUT2D eigenvalue weighted by Crippen LogP contribution is 2.62. The van der Waals surface area contributed by atoms with E-state index in [9.17, 15) is 4.79 Å². The molecule has 0 aliphatic heterocycles. The summed E-state index contributed by atoms with van der Waals surface area (Å²) in [5.74, 6) is 0.987. The molecule has 40 heavy (non-hydrogen) atoms. The number of halogens is 1. The van der Waals surface area contributed by atoms with E-state index in [-0.39, 0.29) is 23.1 Å². The van der Waals surface area contributed by atoms with E-state index in [4.69, 9.17) is 18.9 Å². The van der Waals surface area contributed by atoms with Gasteiger partial charge in [0.25, 0.3) is 0 Å². The van der Waals surface area contributed by atoms with Crippen molar-refractivity contribution in [1.82, 2.24) is 0 Å². The number of carbonyl (C=O) groups excluding carboxylic acids is 1. The normalized spacial score (nSPS) is 22.2. The summed E-state index contributed by atoms with van der Waals surface area (Å²) in [7, 11) is 3.34. The average Bonchev–Trinajstić information content (AvgIpc) is 3.31.